The number of fused-ring (bicyclic) bond motifs is 2. The van der Waals surface area contributed by atoms with Crippen LogP contribution in [0.4, 0.5) is 23.0 Å². The van der Waals surface area contributed by atoms with Crippen molar-refractivity contribution in [2.75, 3.05) is 71.5 Å². The number of amides is 2. The molecular weight excluding hydrogens is 932 g/mol. The second kappa shape index (κ2) is 18.5. The third-order valence-corrected chi connectivity index (χ3v) is 14.8. The molecule has 3 aliphatic rings. The molecule has 3 N–H and O–H groups in total. The maximum atomic E-state index is 14.7. The fourth-order valence-corrected chi connectivity index (χ4v) is 11.2. The van der Waals surface area contributed by atoms with E-state index in [4.69, 9.17) is 31.8 Å². The molecule has 2 aromatic carbocycles. The lowest BCUT2D eigenvalue weighted by Gasteiger charge is -2.37. The second-order valence-corrected chi connectivity index (χ2v) is 22.3. The van der Waals surface area contributed by atoms with E-state index in [1.165, 1.54) is 18.2 Å². The molecular formula is C46H55ClN12O7S2. The van der Waals surface area contributed by atoms with Gasteiger partial charge in [-0.2, -0.15) is 14.7 Å². The van der Waals surface area contributed by atoms with Crippen LogP contribution in [0, 0.1) is 13.8 Å². The third-order valence-electron chi connectivity index (χ3n) is 12.7. The Morgan fingerprint density at radius 3 is 1.97 bits per heavy atom. The highest BCUT2D eigenvalue weighted by molar-refractivity contribution is 7.92. The number of aryl methyl sites for hydroxylation is 3. The number of halogens is 1. The molecule has 0 saturated carbocycles. The summed E-state index contributed by atoms with van der Waals surface area (Å²) in [6.07, 6.45) is 4.92. The highest BCUT2D eigenvalue weighted by Crippen LogP contribution is 2.37. The molecule has 22 heteroatoms. The smallest absolute Gasteiger partial charge is 0.256 e. The van der Waals surface area contributed by atoms with E-state index in [-0.39, 0.29) is 51.6 Å². The number of carbonyl (C=O) groups is 2. The number of carbonyl (C=O) groups excluding carboxylic acids is 2. The van der Waals surface area contributed by atoms with Crippen LogP contribution in [0.2, 0.25) is 5.02 Å². The van der Waals surface area contributed by atoms with Gasteiger partial charge in [0.1, 0.15) is 11.6 Å². The first-order valence-electron chi connectivity index (χ1n) is 22.7. The van der Waals surface area contributed by atoms with Crippen molar-refractivity contribution >= 4 is 77.8 Å². The maximum absolute atomic E-state index is 14.7. The Balaban J connectivity index is 0.988. The van der Waals surface area contributed by atoms with Crippen LogP contribution in [0.3, 0.4) is 0 Å². The number of hydrogen-bond acceptors (Lipinski definition) is 13. The number of nitrogens with zero attached hydrogens (tertiary/aromatic N) is 10. The molecule has 0 radical (unpaired) electrons. The van der Waals surface area contributed by atoms with Crippen LogP contribution in [-0.2, 0) is 26.5 Å². The summed E-state index contributed by atoms with van der Waals surface area (Å²) in [6, 6.07) is 16.1. The van der Waals surface area contributed by atoms with Gasteiger partial charge in [0.15, 0.2) is 11.3 Å². The lowest BCUT2D eigenvalue weighted by Crippen LogP contribution is -2.51. The first-order valence-corrected chi connectivity index (χ1v) is 26.6. The molecule has 360 valence electrons. The summed E-state index contributed by atoms with van der Waals surface area (Å²) < 4.78 is 61.4. The molecule has 0 bridgehead atoms. The second-order valence-electron chi connectivity index (χ2n) is 18.3. The summed E-state index contributed by atoms with van der Waals surface area (Å²) in [7, 11) is -3.94. The molecule has 0 aliphatic carbocycles. The van der Waals surface area contributed by atoms with Crippen molar-refractivity contribution < 1.29 is 31.5 Å². The first-order chi connectivity index (χ1) is 32.3. The molecule has 68 heavy (non-hydrogen) atoms. The average molecular weight is 988 g/mol. The van der Waals surface area contributed by atoms with Gasteiger partial charge in [-0.15, -0.1) is 0 Å². The van der Waals surface area contributed by atoms with Gasteiger partial charge in [-0.25, -0.2) is 31.3 Å². The minimum Gasteiger partial charge on any atom is -0.389 e. The number of aliphatic hydroxyl groups is 1. The summed E-state index contributed by atoms with van der Waals surface area (Å²) in [4.78, 5) is 45.8. The van der Waals surface area contributed by atoms with Gasteiger partial charge < -0.3 is 24.7 Å². The van der Waals surface area contributed by atoms with E-state index >= 15 is 0 Å². The fourth-order valence-electron chi connectivity index (χ4n) is 9.40. The van der Waals surface area contributed by atoms with Crippen LogP contribution in [0.1, 0.15) is 99.7 Å². The third kappa shape index (κ3) is 9.79. The summed E-state index contributed by atoms with van der Waals surface area (Å²) in [5.41, 5.74) is 5.12. The zero-order valence-electron chi connectivity index (χ0n) is 38.6. The average Bonchev–Trinajstić information content (AvgIpc) is 3.92. The predicted octanol–water partition coefficient (Wildman–Crippen LogP) is 5.38. The predicted molar refractivity (Wildman–Crippen MR) is 261 cm³/mol. The number of anilines is 4. The van der Waals surface area contributed by atoms with E-state index < -0.39 is 38.1 Å². The Hall–Kier alpha value is -6.03. The topological polar surface area (TPSA) is 220 Å². The summed E-state index contributed by atoms with van der Waals surface area (Å²) in [5.74, 6) is 0.292. The van der Waals surface area contributed by atoms with Crippen molar-refractivity contribution in [1.82, 2.24) is 39.0 Å². The quantitative estimate of drug-likeness (QED) is 0.133. The maximum Gasteiger partial charge on any atom is 0.256 e. The molecule has 6 aromatic rings. The van der Waals surface area contributed by atoms with E-state index in [9.17, 15) is 31.5 Å². The molecule has 3 aliphatic heterocycles. The number of sulfonamides is 2. The molecule has 19 nitrogen and oxygen atoms in total. The number of hydrogen-bond donors (Lipinski definition) is 3. The monoisotopic (exact) mass is 986 g/mol. The number of β-amino-alcohol motifs (C(OH)–C–C–N with tert-alkyl or cyclic N) is 1. The zero-order valence-corrected chi connectivity index (χ0v) is 40.9. The van der Waals surface area contributed by atoms with E-state index in [0.29, 0.717) is 79.6 Å². The summed E-state index contributed by atoms with van der Waals surface area (Å²) >= 11 is 6.32. The van der Waals surface area contributed by atoms with Crippen LogP contribution in [0.15, 0.2) is 60.7 Å². The SMILES string of the molecule is Cc1ccc(NS(=O)(=O)CCc2cc(N3CC(O)C3)nc3cc([C@@H]4CCCCN4C(=O)c4cc(Cl)ccc4NS(C)(=O)=O)nn23)c(C(=O)N2CCCC[C@H]2c2cc3nc(C)cc(N(C)C)n3n2)c1. The number of likely N-dealkylation sites (tertiary alicyclic amines) is 2. The van der Waals surface area contributed by atoms with E-state index in [1.807, 2.05) is 49.9 Å². The number of aromatic nitrogens is 6. The van der Waals surface area contributed by atoms with Crippen LogP contribution < -0.4 is 19.2 Å². The van der Waals surface area contributed by atoms with Gasteiger partial charge in [-0.3, -0.25) is 19.0 Å². The Morgan fingerprint density at radius 1 is 0.765 bits per heavy atom. The number of nitrogens with one attached hydrogen (secondary N) is 2. The van der Waals surface area contributed by atoms with Crippen molar-refractivity contribution in [2.24, 2.45) is 0 Å². The first kappa shape index (κ1) is 47.1. The van der Waals surface area contributed by atoms with Crippen molar-refractivity contribution in [3.63, 3.8) is 0 Å². The molecule has 2 atom stereocenters. The number of rotatable bonds is 13. The molecule has 0 unspecified atom stereocenters. The van der Waals surface area contributed by atoms with Gasteiger partial charge in [0.05, 0.1) is 64.1 Å². The van der Waals surface area contributed by atoms with Gasteiger partial charge in [0.25, 0.3) is 11.8 Å². The molecule has 0 spiro atoms. The summed E-state index contributed by atoms with van der Waals surface area (Å²) in [5, 5.41) is 20.3. The highest BCUT2D eigenvalue weighted by Gasteiger charge is 2.35. The highest BCUT2D eigenvalue weighted by atomic mass is 35.5. The van der Waals surface area contributed by atoms with E-state index in [0.717, 1.165) is 42.6 Å². The lowest BCUT2D eigenvalue weighted by molar-refractivity contribution is 0.0600. The van der Waals surface area contributed by atoms with Crippen molar-refractivity contribution in [3.8, 4) is 0 Å². The van der Waals surface area contributed by atoms with Crippen LogP contribution in [0.5, 0.6) is 0 Å². The Kier molecular flexibility index (Phi) is 12.8. The van der Waals surface area contributed by atoms with Crippen molar-refractivity contribution in [2.45, 2.75) is 77.0 Å². The van der Waals surface area contributed by atoms with Crippen LogP contribution in [0.25, 0.3) is 11.3 Å². The molecule has 4 aromatic heterocycles. The fraction of sp³-hybridized carbons (Fsp3) is 0.435. The van der Waals surface area contributed by atoms with Gasteiger partial charge in [-0.1, -0.05) is 23.2 Å². The molecule has 3 saturated heterocycles. The van der Waals surface area contributed by atoms with Gasteiger partial charge in [0.2, 0.25) is 20.0 Å². The van der Waals surface area contributed by atoms with Crippen molar-refractivity contribution in [1.29, 1.82) is 0 Å². The standard InChI is InChI=1S/C46H55ClN12O7S2/c1-28-12-14-36(33(20-28)45(61)56-17-8-7-11-40(56)38-24-42-48-29(2)21-44(54(3)4)59(42)51-38)53-68(65,66)19-16-31-23-41(55-26-32(60)27-55)49-43-25-37(50-58(31)43)39-10-6-9-18-57(39)46(62)34-22-30(47)13-15-35(34)52-67(5,63)64/h12-15,20-25,32,39-40,52-53,60H,6-11,16-19,26-27H2,1-5H3/t39-,40-/m0/s1. The normalized spacial score (nSPS) is 18.2. The molecule has 9 rings (SSSR count). The van der Waals surface area contributed by atoms with Gasteiger partial charge in [0, 0.05) is 87.4 Å². The van der Waals surface area contributed by atoms with Gasteiger partial charge in [-0.05, 0) is 82.7 Å². The number of benzene rings is 2. The van der Waals surface area contributed by atoms with E-state index in [1.54, 1.807) is 49.2 Å². The lowest BCUT2D eigenvalue weighted by atomic mass is 9.97. The Labute approximate surface area is 400 Å². The largest absolute Gasteiger partial charge is 0.389 e. The zero-order chi connectivity index (χ0) is 48.2. The summed E-state index contributed by atoms with van der Waals surface area (Å²) in [6.45, 7) is 5.34. The van der Waals surface area contributed by atoms with E-state index in [2.05, 4.69) is 9.44 Å². The minimum atomic E-state index is -4.10. The number of piperidine rings is 2. The minimum absolute atomic E-state index is 0.00507. The van der Waals surface area contributed by atoms with Crippen LogP contribution >= 0.6 is 11.6 Å². The van der Waals surface area contributed by atoms with Crippen molar-refractivity contribution in [3.05, 3.63) is 105 Å². The Bertz CT molecular complexity index is 3170. The van der Waals surface area contributed by atoms with Gasteiger partial charge >= 0.3 is 0 Å². The molecule has 3 fully saturated rings. The Morgan fingerprint density at radius 2 is 1.35 bits per heavy atom. The number of aliphatic hydroxyl groups excluding tert-OH is 1. The van der Waals surface area contributed by atoms with Crippen LogP contribution in [-0.4, -0.2) is 131 Å². The molecule has 2 amide bonds. The molecule has 7 heterocycles.